The third kappa shape index (κ3) is 2.76. The summed E-state index contributed by atoms with van der Waals surface area (Å²) in [7, 11) is 0. The summed E-state index contributed by atoms with van der Waals surface area (Å²) in [5.74, 6) is 0. The van der Waals surface area contributed by atoms with Crippen molar-refractivity contribution in [1.82, 2.24) is 25.5 Å². The first-order chi connectivity index (χ1) is 8.31. The van der Waals surface area contributed by atoms with E-state index in [4.69, 9.17) is 0 Å². The molecule has 0 radical (unpaired) electrons. The van der Waals surface area contributed by atoms with E-state index in [0.29, 0.717) is 6.04 Å². The van der Waals surface area contributed by atoms with Crippen LogP contribution in [-0.2, 0) is 0 Å². The molecule has 17 heavy (non-hydrogen) atoms. The molecule has 0 saturated heterocycles. The minimum absolute atomic E-state index is 0.302. The Bertz CT molecular complexity index is 460. The summed E-state index contributed by atoms with van der Waals surface area (Å²) in [4.78, 5) is 0. The van der Waals surface area contributed by atoms with Crippen molar-refractivity contribution in [2.24, 2.45) is 0 Å². The van der Waals surface area contributed by atoms with Crippen LogP contribution in [0.1, 0.15) is 18.5 Å². The summed E-state index contributed by atoms with van der Waals surface area (Å²) >= 11 is 0. The molecule has 0 amide bonds. The van der Waals surface area contributed by atoms with Crippen LogP contribution in [0.3, 0.4) is 0 Å². The highest BCUT2D eigenvalue weighted by Gasteiger charge is 2.04. The van der Waals surface area contributed by atoms with Crippen molar-refractivity contribution in [2.75, 3.05) is 6.54 Å². The molecule has 5 nitrogen and oxygen atoms in total. The highest BCUT2D eigenvalue weighted by Crippen LogP contribution is 2.14. The minimum atomic E-state index is 0.302. The lowest BCUT2D eigenvalue weighted by Crippen LogP contribution is -2.18. The van der Waals surface area contributed by atoms with Gasteiger partial charge in [0.05, 0.1) is 5.69 Å². The molecule has 0 aliphatic rings. The van der Waals surface area contributed by atoms with Gasteiger partial charge in [0.15, 0.2) is 0 Å². The van der Waals surface area contributed by atoms with Crippen LogP contribution in [-0.4, -0.2) is 26.8 Å². The lowest BCUT2D eigenvalue weighted by molar-refractivity contribution is 0.617. The van der Waals surface area contributed by atoms with Gasteiger partial charge < -0.3 is 5.32 Å². The molecule has 1 aromatic heterocycles. The summed E-state index contributed by atoms with van der Waals surface area (Å²) in [6, 6.07) is 8.43. The van der Waals surface area contributed by atoms with Gasteiger partial charge in [-0.1, -0.05) is 18.2 Å². The Morgan fingerprint density at radius 2 is 2.18 bits per heavy atom. The highest BCUT2D eigenvalue weighted by molar-refractivity contribution is 5.34. The van der Waals surface area contributed by atoms with E-state index in [1.165, 1.54) is 5.56 Å². The summed E-state index contributed by atoms with van der Waals surface area (Å²) in [5, 5.41) is 14.4. The average Bonchev–Trinajstić information content (AvgIpc) is 2.90. The number of nitrogens with zero attached hydrogens (tertiary/aromatic N) is 4. The molecule has 1 heterocycles. The van der Waals surface area contributed by atoms with Crippen LogP contribution in [0.5, 0.6) is 0 Å². The zero-order chi connectivity index (χ0) is 12.1. The van der Waals surface area contributed by atoms with Crippen molar-refractivity contribution in [3.05, 3.63) is 48.8 Å². The first-order valence-electron chi connectivity index (χ1n) is 5.49. The molecule has 2 aromatic rings. The van der Waals surface area contributed by atoms with E-state index in [1.807, 2.05) is 18.2 Å². The van der Waals surface area contributed by atoms with Gasteiger partial charge in [-0.3, -0.25) is 0 Å². The van der Waals surface area contributed by atoms with E-state index in [0.717, 1.165) is 12.2 Å². The van der Waals surface area contributed by atoms with Gasteiger partial charge in [-0.05, 0) is 35.0 Å². The van der Waals surface area contributed by atoms with Gasteiger partial charge in [0.1, 0.15) is 6.33 Å². The van der Waals surface area contributed by atoms with Crippen LogP contribution in [0.25, 0.3) is 5.69 Å². The molecular weight excluding hydrogens is 214 g/mol. The predicted molar refractivity (Wildman–Crippen MR) is 65.8 cm³/mol. The van der Waals surface area contributed by atoms with Crippen molar-refractivity contribution >= 4 is 0 Å². The summed E-state index contributed by atoms with van der Waals surface area (Å²) in [6.45, 7) is 6.61. The lowest BCUT2D eigenvalue weighted by Gasteiger charge is -2.13. The molecular formula is C12H15N5. The van der Waals surface area contributed by atoms with Crippen LogP contribution < -0.4 is 5.32 Å². The fraction of sp³-hybridized carbons (Fsp3) is 0.250. The molecule has 0 fully saturated rings. The van der Waals surface area contributed by atoms with Crippen LogP contribution in [0.15, 0.2) is 43.2 Å². The number of hydrogen-bond acceptors (Lipinski definition) is 4. The first-order valence-corrected chi connectivity index (χ1v) is 5.49. The van der Waals surface area contributed by atoms with Crippen LogP contribution in [0, 0.1) is 0 Å². The molecule has 2 rings (SSSR count). The first kappa shape index (κ1) is 11.5. The minimum Gasteiger partial charge on any atom is -0.307 e. The van der Waals surface area contributed by atoms with Gasteiger partial charge in [0.2, 0.25) is 0 Å². The summed E-state index contributed by atoms with van der Waals surface area (Å²) < 4.78 is 1.63. The van der Waals surface area contributed by atoms with E-state index in [2.05, 4.69) is 46.5 Å². The predicted octanol–water partition coefficient (Wildman–Crippen LogP) is 1.50. The average molecular weight is 229 g/mol. The molecule has 1 atom stereocenters. The number of aromatic nitrogens is 4. The Morgan fingerprint density at radius 3 is 2.76 bits per heavy atom. The smallest absolute Gasteiger partial charge is 0.143 e. The Hall–Kier alpha value is -2.01. The Balaban J connectivity index is 2.10. The molecule has 0 aliphatic heterocycles. The molecule has 0 aliphatic carbocycles. The van der Waals surface area contributed by atoms with Crippen molar-refractivity contribution in [3.63, 3.8) is 0 Å². The van der Waals surface area contributed by atoms with E-state index < -0.39 is 0 Å². The molecule has 1 aromatic carbocycles. The Kier molecular flexibility index (Phi) is 3.62. The lowest BCUT2D eigenvalue weighted by atomic mass is 10.1. The van der Waals surface area contributed by atoms with Crippen molar-refractivity contribution in [1.29, 1.82) is 0 Å². The van der Waals surface area contributed by atoms with Gasteiger partial charge >= 0.3 is 0 Å². The molecule has 0 saturated carbocycles. The topological polar surface area (TPSA) is 55.6 Å². The SMILES string of the molecule is C=CCN[C@H](C)c1ccc(-n2cnnn2)cc1. The third-order valence-corrected chi connectivity index (χ3v) is 2.58. The maximum atomic E-state index is 3.84. The number of hydrogen-bond donors (Lipinski definition) is 1. The van der Waals surface area contributed by atoms with Crippen LogP contribution in [0.2, 0.25) is 0 Å². The van der Waals surface area contributed by atoms with E-state index >= 15 is 0 Å². The third-order valence-electron chi connectivity index (χ3n) is 2.58. The fourth-order valence-electron chi connectivity index (χ4n) is 1.57. The zero-order valence-electron chi connectivity index (χ0n) is 9.74. The van der Waals surface area contributed by atoms with Gasteiger partial charge in [-0.15, -0.1) is 11.7 Å². The van der Waals surface area contributed by atoms with Gasteiger partial charge in [-0.25, -0.2) is 4.68 Å². The molecule has 0 bridgehead atoms. The second-order valence-electron chi connectivity index (χ2n) is 3.76. The molecule has 5 heteroatoms. The maximum absolute atomic E-state index is 3.84. The quantitative estimate of drug-likeness (QED) is 0.789. The van der Waals surface area contributed by atoms with Crippen LogP contribution in [0.4, 0.5) is 0 Å². The number of nitrogens with one attached hydrogen (secondary N) is 1. The fourth-order valence-corrected chi connectivity index (χ4v) is 1.57. The van der Waals surface area contributed by atoms with Gasteiger partial charge in [-0.2, -0.15) is 0 Å². The van der Waals surface area contributed by atoms with E-state index in [1.54, 1.807) is 11.0 Å². The largest absolute Gasteiger partial charge is 0.307 e. The van der Waals surface area contributed by atoms with Gasteiger partial charge in [0.25, 0.3) is 0 Å². The van der Waals surface area contributed by atoms with Crippen LogP contribution >= 0.6 is 0 Å². The number of tetrazole rings is 1. The molecule has 0 unspecified atom stereocenters. The van der Waals surface area contributed by atoms with E-state index in [9.17, 15) is 0 Å². The Labute approximate surface area is 100 Å². The van der Waals surface area contributed by atoms with E-state index in [-0.39, 0.29) is 0 Å². The monoisotopic (exact) mass is 229 g/mol. The summed E-state index contributed by atoms with van der Waals surface area (Å²) in [6.07, 6.45) is 3.43. The standard InChI is InChI=1S/C12H15N5/c1-3-8-13-10(2)11-4-6-12(7-5-11)17-9-14-15-16-17/h3-7,9-10,13H,1,8H2,2H3/t10-/m1/s1. The normalized spacial score (nSPS) is 12.3. The highest BCUT2D eigenvalue weighted by atomic mass is 15.5. The number of benzene rings is 1. The molecule has 88 valence electrons. The maximum Gasteiger partial charge on any atom is 0.143 e. The number of rotatable bonds is 5. The van der Waals surface area contributed by atoms with Crippen molar-refractivity contribution < 1.29 is 0 Å². The van der Waals surface area contributed by atoms with Crippen molar-refractivity contribution in [3.8, 4) is 5.69 Å². The zero-order valence-corrected chi connectivity index (χ0v) is 9.74. The summed E-state index contributed by atoms with van der Waals surface area (Å²) in [5.41, 5.74) is 2.18. The van der Waals surface area contributed by atoms with Crippen molar-refractivity contribution in [2.45, 2.75) is 13.0 Å². The second-order valence-corrected chi connectivity index (χ2v) is 3.76. The second kappa shape index (κ2) is 5.36. The van der Waals surface area contributed by atoms with Gasteiger partial charge in [0, 0.05) is 12.6 Å². The molecule has 1 N–H and O–H groups in total. The Morgan fingerprint density at radius 1 is 1.41 bits per heavy atom. The molecule has 0 spiro atoms.